The van der Waals surface area contributed by atoms with Crippen molar-refractivity contribution in [1.82, 2.24) is 0 Å². The molecular formula is C21H10F6N2O. The number of carbonyl (C=O) groups excluding carboxylic acids is 1. The normalized spacial score (nSPS) is 11.1. The van der Waals surface area contributed by atoms with Crippen molar-refractivity contribution in [2.45, 2.75) is 6.18 Å². The van der Waals surface area contributed by atoms with Gasteiger partial charge in [-0.05, 0) is 47.5 Å². The fourth-order valence-corrected chi connectivity index (χ4v) is 2.78. The monoisotopic (exact) mass is 420 g/mol. The summed E-state index contributed by atoms with van der Waals surface area (Å²) in [5, 5.41) is 11.0. The first-order chi connectivity index (χ1) is 14.1. The fourth-order valence-electron chi connectivity index (χ4n) is 2.78. The van der Waals surface area contributed by atoms with Crippen LogP contribution in [-0.4, -0.2) is 5.91 Å². The molecule has 0 aliphatic carbocycles. The smallest absolute Gasteiger partial charge is 0.319 e. The van der Waals surface area contributed by atoms with E-state index in [0.717, 1.165) is 36.4 Å². The Labute approximate surface area is 166 Å². The molecule has 152 valence electrons. The molecular weight excluding hydrogens is 410 g/mol. The molecule has 0 aromatic heterocycles. The maximum Gasteiger partial charge on any atom is 0.417 e. The number of hydrogen-bond donors (Lipinski definition) is 1. The predicted octanol–water partition coefficient (Wildman–Crippen LogP) is 5.91. The summed E-state index contributed by atoms with van der Waals surface area (Å²) in [5.74, 6) is -3.84. The van der Waals surface area contributed by atoms with Crippen LogP contribution in [0.1, 0.15) is 21.5 Å². The second kappa shape index (κ2) is 7.91. The lowest BCUT2D eigenvalue weighted by molar-refractivity contribution is -0.137. The van der Waals surface area contributed by atoms with E-state index < -0.39 is 46.3 Å². The molecule has 3 rings (SSSR count). The van der Waals surface area contributed by atoms with Gasteiger partial charge in [0, 0.05) is 6.07 Å². The third-order valence-corrected chi connectivity index (χ3v) is 4.16. The highest BCUT2D eigenvalue weighted by molar-refractivity contribution is 6.08. The van der Waals surface area contributed by atoms with E-state index in [0.29, 0.717) is 12.1 Å². The van der Waals surface area contributed by atoms with Crippen LogP contribution in [0.3, 0.4) is 0 Å². The lowest BCUT2D eigenvalue weighted by Crippen LogP contribution is -2.15. The molecule has 0 atom stereocenters. The SMILES string of the molecule is N#Cc1ccc(-c2ccc(F)cc2C(=O)Nc2ccc(F)cc2F)cc1C(F)(F)F. The Morgan fingerprint density at radius 3 is 2.20 bits per heavy atom. The molecule has 0 aliphatic rings. The fraction of sp³-hybridized carbons (Fsp3) is 0.0476. The Kier molecular flexibility index (Phi) is 5.52. The first-order valence-corrected chi connectivity index (χ1v) is 8.28. The molecule has 3 aromatic carbocycles. The van der Waals surface area contributed by atoms with Crippen molar-refractivity contribution >= 4 is 11.6 Å². The Balaban J connectivity index is 2.08. The Hall–Kier alpha value is -3.80. The number of amides is 1. The van der Waals surface area contributed by atoms with Crippen molar-refractivity contribution in [2.75, 3.05) is 5.32 Å². The molecule has 0 saturated carbocycles. The third-order valence-electron chi connectivity index (χ3n) is 4.16. The number of nitrogens with zero attached hydrogens (tertiary/aromatic N) is 1. The lowest BCUT2D eigenvalue weighted by atomic mass is 9.95. The van der Waals surface area contributed by atoms with E-state index >= 15 is 0 Å². The van der Waals surface area contributed by atoms with Gasteiger partial charge in [0.15, 0.2) is 0 Å². The van der Waals surface area contributed by atoms with Crippen molar-refractivity contribution < 1.29 is 31.1 Å². The van der Waals surface area contributed by atoms with Gasteiger partial charge in [0.2, 0.25) is 0 Å². The summed E-state index contributed by atoms with van der Waals surface area (Å²) in [5.41, 5.74) is -2.79. The van der Waals surface area contributed by atoms with Crippen molar-refractivity contribution in [3.8, 4) is 17.2 Å². The van der Waals surface area contributed by atoms with Gasteiger partial charge in [-0.1, -0.05) is 12.1 Å². The maximum atomic E-state index is 13.8. The van der Waals surface area contributed by atoms with Gasteiger partial charge in [0.25, 0.3) is 5.91 Å². The van der Waals surface area contributed by atoms with E-state index in [2.05, 4.69) is 5.32 Å². The highest BCUT2D eigenvalue weighted by Crippen LogP contribution is 2.36. The zero-order chi connectivity index (χ0) is 22.1. The Morgan fingerprint density at radius 1 is 0.900 bits per heavy atom. The minimum Gasteiger partial charge on any atom is -0.319 e. The van der Waals surface area contributed by atoms with Gasteiger partial charge in [-0.15, -0.1) is 0 Å². The first-order valence-electron chi connectivity index (χ1n) is 8.28. The summed E-state index contributed by atoms with van der Waals surface area (Å²) in [7, 11) is 0. The molecule has 0 radical (unpaired) electrons. The zero-order valence-electron chi connectivity index (χ0n) is 14.8. The number of halogens is 6. The lowest BCUT2D eigenvalue weighted by Gasteiger charge is -2.14. The van der Waals surface area contributed by atoms with Gasteiger partial charge >= 0.3 is 6.18 Å². The number of alkyl halides is 3. The van der Waals surface area contributed by atoms with E-state index in [9.17, 15) is 31.1 Å². The summed E-state index contributed by atoms with van der Waals surface area (Å²) >= 11 is 0. The number of benzene rings is 3. The summed E-state index contributed by atoms with van der Waals surface area (Å²) in [4.78, 5) is 12.6. The summed E-state index contributed by atoms with van der Waals surface area (Å²) in [6.45, 7) is 0. The van der Waals surface area contributed by atoms with Crippen LogP contribution in [0.5, 0.6) is 0 Å². The van der Waals surface area contributed by atoms with E-state index in [4.69, 9.17) is 5.26 Å². The van der Waals surface area contributed by atoms with Crippen LogP contribution in [0.25, 0.3) is 11.1 Å². The summed E-state index contributed by atoms with van der Waals surface area (Å²) in [6, 6.07) is 9.39. The van der Waals surface area contributed by atoms with Gasteiger partial charge in [-0.3, -0.25) is 4.79 Å². The van der Waals surface area contributed by atoms with Gasteiger partial charge in [0.1, 0.15) is 17.5 Å². The van der Waals surface area contributed by atoms with Crippen LogP contribution in [0.15, 0.2) is 54.6 Å². The number of anilines is 1. The third kappa shape index (κ3) is 4.27. The predicted molar refractivity (Wildman–Crippen MR) is 95.9 cm³/mol. The van der Waals surface area contributed by atoms with Crippen LogP contribution in [0.2, 0.25) is 0 Å². The van der Waals surface area contributed by atoms with Gasteiger partial charge < -0.3 is 5.32 Å². The average molecular weight is 420 g/mol. The number of rotatable bonds is 3. The van der Waals surface area contributed by atoms with E-state index in [-0.39, 0.29) is 16.7 Å². The molecule has 0 unspecified atom stereocenters. The molecule has 0 saturated heterocycles. The molecule has 0 spiro atoms. The minimum atomic E-state index is -4.83. The largest absolute Gasteiger partial charge is 0.417 e. The number of nitrogens with one attached hydrogen (secondary N) is 1. The molecule has 9 heteroatoms. The van der Waals surface area contributed by atoms with Crippen molar-refractivity contribution in [3.63, 3.8) is 0 Å². The Bertz CT molecular complexity index is 1180. The second-order valence-electron chi connectivity index (χ2n) is 6.14. The Morgan fingerprint density at radius 2 is 1.57 bits per heavy atom. The molecule has 0 aliphatic heterocycles. The highest BCUT2D eigenvalue weighted by atomic mass is 19.4. The van der Waals surface area contributed by atoms with Crippen LogP contribution in [0, 0.1) is 28.8 Å². The van der Waals surface area contributed by atoms with Crippen LogP contribution >= 0.6 is 0 Å². The van der Waals surface area contributed by atoms with Crippen LogP contribution in [-0.2, 0) is 6.18 Å². The second-order valence-corrected chi connectivity index (χ2v) is 6.14. The molecule has 1 amide bonds. The summed E-state index contributed by atoms with van der Waals surface area (Å²) < 4.78 is 80.4. The molecule has 0 heterocycles. The van der Waals surface area contributed by atoms with E-state index in [1.165, 1.54) is 12.1 Å². The number of carbonyl (C=O) groups is 1. The van der Waals surface area contributed by atoms with Gasteiger partial charge in [-0.25, -0.2) is 13.2 Å². The van der Waals surface area contributed by atoms with Gasteiger partial charge in [-0.2, -0.15) is 18.4 Å². The van der Waals surface area contributed by atoms with Crippen LogP contribution < -0.4 is 5.32 Å². The molecule has 1 N–H and O–H groups in total. The highest BCUT2D eigenvalue weighted by Gasteiger charge is 2.34. The topological polar surface area (TPSA) is 52.9 Å². The van der Waals surface area contributed by atoms with Crippen molar-refractivity contribution in [3.05, 3.63) is 88.7 Å². The maximum absolute atomic E-state index is 13.8. The van der Waals surface area contributed by atoms with Crippen molar-refractivity contribution in [1.29, 1.82) is 5.26 Å². The van der Waals surface area contributed by atoms with E-state index in [1.807, 2.05) is 0 Å². The molecule has 30 heavy (non-hydrogen) atoms. The number of hydrogen-bond acceptors (Lipinski definition) is 2. The molecule has 0 bridgehead atoms. The molecule has 3 nitrogen and oxygen atoms in total. The minimum absolute atomic E-state index is 0.0774. The standard InChI is InChI=1S/C21H10F6N2O/c22-13-3-5-15(11-1-2-12(10-28)17(7-11)21(25,26)27)16(8-13)20(30)29-19-6-4-14(23)9-18(19)24/h1-9H,(H,29,30). The summed E-state index contributed by atoms with van der Waals surface area (Å²) in [6.07, 6.45) is -4.83. The van der Waals surface area contributed by atoms with Crippen LogP contribution in [0.4, 0.5) is 32.0 Å². The molecule has 3 aromatic rings. The number of nitriles is 1. The van der Waals surface area contributed by atoms with E-state index in [1.54, 1.807) is 0 Å². The zero-order valence-corrected chi connectivity index (χ0v) is 14.8. The quantitative estimate of drug-likeness (QED) is 0.536. The van der Waals surface area contributed by atoms with Crippen molar-refractivity contribution in [2.24, 2.45) is 0 Å². The average Bonchev–Trinajstić information content (AvgIpc) is 2.69. The molecule has 0 fully saturated rings. The van der Waals surface area contributed by atoms with Gasteiger partial charge in [0.05, 0.1) is 28.4 Å². The first kappa shape index (κ1) is 20.9.